The van der Waals surface area contributed by atoms with Gasteiger partial charge in [-0.05, 0) is 36.8 Å². The number of halogens is 2. The van der Waals surface area contributed by atoms with Gasteiger partial charge in [0.1, 0.15) is 5.75 Å². The normalized spacial score (nSPS) is 10.3. The lowest BCUT2D eigenvalue weighted by atomic mass is 10.0. The van der Waals surface area contributed by atoms with E-state index in [9.17, 15) is 4.79 Å². The van der Waals surface area contributed by atoms with Crippen LogP contribution in [0.3, 0.4) is 0 Å². The zero-order chi connectivity index (χ0) is 14.5. The molecule has 0 N–H and O–H groups in total. The van der Waals surface area contributed by atoms with Gasteiger partial charge in [-0.1, -0.05) is 42.3 Å². The molecular weight excluding hydrogens is 295 g/mol. The Kier molecular flexibility index (Phi) is 5.05. The van der Waals surface area contributed by atoms with E-state index >= 15 is 0 Å². The third-order valence-electron chi connectivity index (χ3n) is 2.74. The molecule has 20 heavy (non-hydrogen) atoms. The SMILES string of the molecule is CCCOc1cccc(C(=O)c2cc(Cl)ccc2Cl)c1. The monoisotopic (exact) mass is 308 g/mol. The average Bonchev–Trinajstić information content (AvgIpc) is 2.47. The minimum Gasteiger partial charge on any atom is -0.494 e. The van der Waals surface area contributed by atoms with Crippen LogP contribution in [0.2, 0.25) is 10.0 Å². The molecule has 0 fully saturated rings. The van der Waals surface area contributed by atoms with E-state index in [1.807, 2.05) is 13.0 Å². The number of carbonyl (C=O) groups is 1. The number of ether oxygens (including phenoxy) is 1. The van der Waals surface area contributed by atoms with Gasteiger partial charge in [0, 0.05) is 16.1 Å². The van der Waals surface area contributed by atoms with Crippen LogP contribution in [0, 0.1) is 0 Å². The number of hydrogen-bond donors (Lipinski definition) is 0. The zero-order valence-electron chi connectivity index (χ0n) is 11.0. The molecule has 0 amide bonds. The lowest BCUT2D eigenvalue weighted by Gasteiger charge is -2.08. The van der Waals surface area contributed by atoms with Crippen molar-refractivity contribution in [2.24, 2.45) is 0 Å². The highest BCUT2D eigenvalue weighted by atomic mass is 35.5. The Morgan fingerprint density at radius 2 is 1.95 bits per heavy atom. The van der Waals surface area contributed by atoms with Crippen LogP contribution in [0.15, 0.2) is 42.5 Å². The predicted octanol–water partition coefficient (Wildman–Crippen LogP) is 5.01. The Balaban J connectivity index is 2.31. The largest absolute Gasteiger partial charge is 0.494 e. The quantitative estimate of drug-likeness (QED) is 0.725. The fourth-order valence-corrected chi connectivity index (χ4v) is 2.15. The maximum absolute atomic E-state index is 12.4. The second kappa shape index (κ2) is 6.78. The van der Waals surface area contributed by atoms with Gasteiger partial charge in [0.2, 0.25) is 0 Å². The van der Waals surface area contributed by atoms with E-state index in [1.165, 1.54) is 0 Å². The molecule has 104 valence electrons. The lowest BCUT2D eigenvalue weighted by Crippen LogP contribution is -2.03. The maximum Gasteiger partial charge on any atom is 0.194 e. The molecule has 0 saturated heterocycles. The van der Waals surface area contributed by atoms with Gasteiger partial charge in [0.25, 0.3) is 0 Å². The van der Waals surface area contributed by atoms with E-state index in [-0.39, 0.29) is 5.78 Å². The summed E-state index contributed by atoms with van der Waals surface area (Å²) in [5.74, 6) is 0.510. The fourth-order valence-electron chi connectivity index (χ4n) is 1.77. The van der Waals surface area contributed by atoms with Crippen LogP contribution >= 0.6 is 23.2 Å². The molecule has 0 aliphatic heterocycles. The van der Waals surface area contributed by atoms with Crippen LogP contribution in [0.25, 0.3) is 0 Å². The van der Waals surface area contributed by atoms with E-state index in [2.05, 4.69) is 0 Å². The number of carbonyl (C=O) groups excluding carboxylic acids is 1. The molecule has 0 heterocycles. The topological polar surface area (TPSA) is 26.3 Å². The van der Waals surface area contributed by atoms with Crippen LogP contribution in [0.1, 0.15) is 29.3 Å². The first-order chi connectivity index (χ1) is 9.61. The Morgan fingerprint density at radius 1 is 1.15 bits per heavy atom. The predicted molar refractivity (Wildman–Crippen MR) is 82.1 cm³/mol. The third-order valence-corrected chi connectivity index (χ3v) is 3.31. The Bertz CT molecular complexity index is 624. The second-order valence-electron chi connectivity index (χ2n) is 4.33. The summed E-state index contributed by atoms with van der Waals surface area (Å²) >= 11 is 12.0. The van der Waals surface area contributed by atoms with E-state index in [4.69, 9.17) is 27.9 Å². The molecule has 2 aromatic carbocycles. The molecule has 0 spiro atoms. The lowest BCUT2D eigenvalue weighted by molar-refractivity contribution is 0.103. The van der Waals surface area contributed by atoms with Gasteiger partial charge in [0.15, 0.2) is 5.78 Å². The zero-order valence-corrected chi connectivity index (χ0v) is 12.5. The molecule has 0 aromatic heterocycles. The smallest absolute Gasteiger partial charge is 0.194 e. The van der Waals surface area contributed by atoms with Gasteiger partial charge in [-0.3, -0.25) is 4.79 Å². The highest BCUT2D eigenvalue weighted by Crippen LogP contribution is 2.24. The first-order valence-electron chi connectivity index (χ1n) is 6.34. The molecule has 0 bridgehead atoms. The third kappa shape index (κ3) is 3.53. The summed E-state index contributed by atoms with van der Waals surface area (Å²) in [5, 5.41) is 0.871. The first kappa shape index (κ1) is 14.9. The van der Waals surface area contributed by atoms with E-state index in [0.29, 0.717) is 33.5 Å². The molecule has 2 aromatic rings. The minimum absolute atomic E-state index is 0.167. The number of rotatable bonds is 5. The molecule has 2 nitrogen and oxygen atoms in total. The minimum atomic E-state index is -0.167. The molecule has 0 aliphatic rings. The van der Waals surface area contributed by atoms with Gasteiger partial charge < -0.3 is 4.74 Å². The molecule has 0 radical (unpaired) electrons. The summed E-state index contributed by atoms with van der Waals surface area (Å²) in [6, 6.07) is 11.9. The number of hydrogen-bond acceptors (Lipinski definition) is 2. The Morgan fingerprint density at radius 3 is 2.70 bits per heavy atom. The second-order valence-corrected chi connectivity index (χ2v) is 5.17. The van der Waals surface area contributed by atoms with Crippen molar-refractivity contribution in [3.05, 3.63) is 63.6 Å². The molecule has 4 heteroatoms. The van der Waals surface area contributed by atoms with Crippen molar-refractivity contribution in [3.8, 4) is 5.75 Å². The van der Waals surface area contributed by atoms with Gasteiger partial charge >= 0.3 is 0 Å². The van der Waals surface area contributed by atoms with Gasteiger partial charge in [-0.25, -0.2) is 0 Å². The average molecular weight is 309 g/mol. The molecule has 0 unspecified atom stereocenters. The molecule has 0 aliphatic carbocycles. The standard InChI is InChI=1S/C16H14Cl2O2/c1-2-8-20-13-5-3-4-11(9-13)16(19)14-10-12(17)6-7-15(14)18/h3-7,9-10H,2,8H2,1H3. The van der Waals surface area contributed by atoms with Crippen molar-refractivity contribution in [3.63, 3.8) is 0 Å². The van der Waals surface area contributed by atoms with Crippen LogP contribution in [-0.4, -0.2) is 12.4 Å². The summed E-state index contributed by atoms with van der Waals surface area (Å²) in [4.78, 5) is 12.4. The van der Waals surface area contributed by atoms with Crippen LogP contribution in [-0.2, 0) is 0 Å². The van der Waals surface area contributed by atoms with Gasteiger partial charge in [-0.2, -0.15) is 0 Å². The highest BCUT2D eigenvalue weighted by Gasteiger charge is 2.14. The van der Waals surface area contributed by atoms with Crippen LogP contribution in [0.5, 0.6) is 5.75 Å². The highest BCUT2D eigenvalue weighted by molar-refractivity contribution is 6.36. The summed E-state index contributed by atoms with van der Waals surface area (Å²) < 4.78 is 5.52. The van der Waals surface area contributed by atoms with Gasteiger partial charge in [-0.15, -0.1) is 0 Å². The molecule has 0 saturated carbocycles. The van der Waals surface area contributed by atoms with Crippen LogP contribution < -0.4 is 4.74 Å². The molecular formula is C16H14Cl2O2. The molecule has 2 rings (SSSR count). The van der Waals surface area contributed by atoms with Crippen molar-refractivity contribution in [1.29, 1.82) is 0 Å². The van der Waals surface area contributed by atoms with Gasteiger partial charge in [0.05, 0.1) is 11.6 Å². The number of ketones is 1. The summed E-state index contributed by atoms with van der Waals surface area (Å²) in [5.41, 5.74) is 0.926. The van der Waals surface area contributed by atoms with Crippen LogP contribution in [0.4, 0.5) is 0 Å². The van der Waals surface area contributed by atoms with E-state index in [0.717, 1.165) is 6.42 Å². The van der Waals surface area contributed by atoms with Crippen molar-refractivity contribution >= 4 is 29.0 Å². The summed E-state index contributed by atoms with van der Waals surface area (Å²) in [6.45, 7) is 2.65. The molecule has 0 atom stereocenters. The summed E-state index contributed by atoms with van der Waals surface area (Å²) in [6.07, 6.45) is 0.915. The summed E-state index contributed by atoms with van der Waals surface area (Å²) in [7, 11) is 0. The first-order valence-corrected chi connectivity index (χ1v) is 7.10. The van der Waals surface area contributed by atoms with E-state index < -0.39 is 0 Å². The van der Waals surface area contributed by atoms with Crippen molar-refractivity contribution < 1.29 is 9.53 Å². The Labute approximate surface area is 128 Å². The Hall–Kier alpha value is -1.51. The van der Waals surface area contributed by atoms with Crippen molar-refractivity contribution in [1.82, 2.24) is 0 Å². The van der Waals surface area contributed by atoms with E-state index in [1.54, 1.807) is 36.4 Å². The fraction of sp³-hybridized carbons (Fsp3) is 0.188. The number of benzene rings is 2. The maximum atomic E-state index is 12.4. The van der Waals surface area contributed by atoms with Crippen molar-refractivity contribution in [2.75, 3.05) is 6.61 Å². The van der Waals surface area contributed by atoms with Crippen molar-refractivity contribution in [2.45, 2.75) is 13.3 Å².